The van der Waals surface area contributed by atoms with Crippen molar-refractivity contribution < 1.29 is 5.11 Å². The summed E-state index contributed by atoms with van der Waals surface area (Å²) in [5, 5.41) is 10.4. The highest BCUT2D eigenvalue weighted by Crippen LogP contribution is 2.26. The van der Waals surface area contributed by atoms with Gasteiger partial charge in [-0.2, -0.15) is 0 Å². The lowest BCUT2D eigenvalue weighted by atomic mass is 9.85. The molecular weight excluding hydrogens is 250 g/mol. The Labute approximate surface area is 124 Å². The number of hydrogen-bond donors (Lipinski definition) is 1. The SMILES string of the molecule is CN(C)CCN1CCN(CC(O)C2CCCCC2)CC1. The van der Waals surface area contributed by atoms with Crippen molar-refractivity contribution in [3.05, 3.63) is 0 Å². The van der Waals surface area contributed by atoms with Crippen molar-refractivity contribution in [3.8, 4) is 0 Å². The third kappa shape index (κ3) is 5.32. The molecule has 1 saturated heterocycles. The molecule has 0 aromatic heterocycles. The second-order valence-corrected chi connectivity index (χ2v) is 6.91. The molecular formula is C16H33N3O. The van der Waals surface area contributed by atoms with Crippen LogP contribution in [0.4, 0.5) is 0 Å². The number of piperazine rings is 1. The van der Waals surface area contributed by atoms with Gasteiger partial charge in [0.2, 0.25) is 0 Å². The zero-order valence-corrected chi connectivity index (χ0v) is 13.4. The fourth-order valence-electron chi connectivity index (χ4n) is 3.47. The van der Waals surface area contributed by atoms with Crippen LogP contribution in [0.1, 0.15) is 32.1 Å². The van der Waals surface area contributed by atoms with E-state index in [2.05, 4.69) is 28.8 Å². The summed E-state index contributed by atoms with van der Waals surface area (Å²) in [6, 6.07) is 0. The van der Waals surface area contributed by atoms with Gasteiger partial charge in [0.05, 0.1) is 6.10 Å². The molecule has 118 valence electrons. The molecule has 1 heterocycles. The lowest BCUT2D eigenvalue weighted by molar-refractivity contribution is 0.0288. The Morgan fingerprint density at radius 3 is 2.20 bits per heavy atom. The third-order valence-electron chi connectivity index (χ3n) is 4.97. The van der Waals surface area contributed by atoms with Gasteiger partial charge >= 0.3 is 0 Å². The Morgan fingerprint density at radius 1 is 1.00 bits per heavy atom. The van der Waals surface area contributed by atoms with E-state index < -0.39 is 0 Å². The fraction of sp³-hybridized carbons (Fsp3) is 1.00. The van der Waals surface area contributed by atoms with Gasteiger partial charge in [-0.3, -0.25) is 9.80 Å². The first kappa shape index (κ1) is 16.2. The van der Waals surface area contributed by atoms with E-state index in [1.807, 2.05) is 0 Å². The lowest BCUT2D eigenvalue weighted by Gasteiger charge is -2.37. The van der Waals surface area contributed by atoms with E-state index in [0.29, 0.717) is 5.92 Å². The summed E-state index contributed by atoms with van der Waals surface area (Å²) in [4.78, 5) is 7.26. The molecule has 1 aliphatic carbocycles. The Morgan fingerprint density at radius 2 is 1.60 bits per heavy atom. The van der Waals surface area contributed by atoms with Crippen LogP contribution >= 0.6 is 0 Å². The predicted molar refractivity (Wildman–Crippen MR) is 84.0 cm³/mol. The van der Waals surface area contributed by atoms with E-state index >= 15 is 0 Å². The van der Waals surface area contributed by atoms with Crippen LogP contribution in [0.15, 0.2) is 0 Å². The van der Waals surface area contributed by atoms with Gasteiger partial charge in [-0.15, -0.1) is 0 Å². The smallest absolute Gasteiger partial charge is 0.0695 e. The number of nitrogens with zero attached hydrogens (tertiary/aromatic N) is 3. The van der Waals surface area contributed by atoms with E-state index in [-0.39, 0.29) is 6.10 Å². The quantitative estimate of drug-likeness (QED) is 0.791. The molecule has 0 spiro atoms. The van der Waals surface area contributed by atoms with Gasteiger partial charge in [0.25, 0.3) is 0 Å². The number of β-amino-alcohol motifs (C(OH)–C–C–N with tert-alkyl or cyclic N) is 1. The number of aliphatic hydroxyl groups excluding tert-OH is 1. The molecule has 1 saturated carbocycles. The molecule has 0 radical (unpaired) electrons. The minimum atomic E-state index is -0.0939. The van der Waals surface area contributed by atoms with Crippen LogP contribution in [0, 0.1) is 5.92 Å². The molecule has 1 N–H and O–H groups in total. The minimum absolute atomic E-state index is 0.0939. The first-order valence-electron chi connectivity index (χ1n) is 8.42. The van der Waals surface area contributed by atoms with Crippen molar-refractivity contribution in [1.82, 2.24) is 14.7 Å². The van der Waals surface area contributed by atoms with Crippen LogP contribution in [0.5, 0.6) is 0 Å². The van der Waals surface area contributed by atoms with Gasteiger partial charge in [0.15, 0.2) is 0 Å². The fourth-order valence-corrected chi connectivity index (χ4v) is 3.47. The molecule has 0 amide bonds. The maximum absolute atomic E-state index is 10.4. The summed E-state index contributed by atoms with van der Waals surface area (Å²) < 4.78 is 0. The van der Waals surface area contributed by atoms with E-state index in [9.17, 15) is 5.11 Å². The molecule has 2 fully saturated rings. The summed E-state index contributed by atoms with van der Waals surface area (Å²) in [5.41, 5.74) is 0. The van der Waals surface area contributed by atoms with Crippen LogP contribution in [-0.4, -0.2) is 85.8 Å². The number of likely N-dealkylation sites (N-methyl/N-ethyl adjacent to an activating group) is 1. The van der Waals surface area contributed by atoms with Crippen LogP contribution in [0.2, 0.25) is 0 Å². The van der Waals surface area contributed by atoms with Crippen LogP contribution in [0.3, 0.4) is 0 Å². The van der Waals surface area contributed by atoms with Crippen LogP contribution in [-0.2, 0) is 0 Å². The monoisotopic (exact) mass is 283 g/mol. The van der Waals surface area contributed by atoms with E-state index in [1.165, 1.54) is 38.6 Å². The maximum atomic E-state index is 10.4. The van der Waals surface area contributed by atoms with Crippen molar-refractivity contribution in [2.24, 2.45) is 5.92 Å². The Bertz CT molecular complexity index is 258. The first-order chi connectivity index (χ1) is 9.65. The number of rotatable bonds is 6. The predicted octanol–water partition coefficient (Wildman–Crippen LogP) is 1.11. The zero-order chi connectivity index (χ0) is 14.4. The molecule has 2 rings (SSSR count). The van der Waals surface area contributed by atoms with E-state index in [4.69, 9.17) is 0 Å². The second kappa shape index (κ2) is 8.32. The van der Waals surface area contributed by atoms with Crippen molar-refractivity contribution in [2.45, 2.75) is 38.2 Å². The summed E-state index contributed by atoms with van der Waals surface area (Å²) in [6.07, 6.45) is 6.39. The van der Waals surface area contributed by atoms with Gasteiger partial charge in [0, 0.05) is 45.8 Å². The number of aliphatic hydroxyl groups is 1. The summed E-state index contributed by atoms with van der Waals surface area (Å²) in [7, 11) is 4.27. The molecule has 1 atom stereocenters. The van der Waals surface area contributed by atoms with Crippen molar-refractivity contribution in [2.75, 3.05) is 59.9 Å². The topological polar surface area (TPSA) is 30.0 Å². The first-order valence-corrected chi connectivity index (χ1v) is 8.42. The number of hydrogen-bond acceptors (Lipinski definition) is 4. The molecule has 1 unspecified atom stereocenters. The molecule has 4 heteroatoms. The van der Waals surface area contributed by atoms with Crippen molar-refractivity contribution >= 4 is 0 Å². The van der Waals surface area contributed by atoms with Gasteiger partial charge in [-0.25, -0.2) is 0 Å². The Balaban J connectivity index is 1.63. The summed E-state index contributed by atoms with van der Waals surface area (Å²) >= 11 is 0. The van der Waals surface area contributed by atoms with E-state index in [0.717, 1.165) is 39.3 Å². The van der Waals surface area contributed by atoms with Crippen molar-refractivity contribution in [1.29, 1.82) is 0 Å². The zero-order valence-electron chi connectivity index (χ0n) is 13.4. The highest BCUT2D eigenvalue weighted by molar-refractivity contribution is 4.79. The molecule has 2 aliphatic rings. The average Bonchev–Trinajstić information content (AvgIpc) is 2.47. The lowest BCUT2D eigenvalue weighted by Crippen LogP contribution is -2.50. The summed E-state index contributed by atoms with van der Waals surface area (Å²) in [5.74, 6) is 0.565. The normalized spacial score (nSPS) is 25.2. The molecule has 0 aromatic carbocycles. The maximum Gasteiger partial charge on any atom is 0.0695 e. The molecule has 0 aromatic rings. The van der Waals surface area contributed by atoms with Gasteiger partial charge in [-0.05, 0) is 32.9 Å². The van der Waals surface area contributed by atoms with Crippen molar-refractivity contribution in [3.63, 3.8) is 0 Å². The van der Waals surface area contributed by atoms with Crippen LogP contribution in [0.25, 0.3) is 0 Å². The highest BCUT2D eigenvalue weighted by atomic mass is 16.3. The molecule has 1 aliphatic heterocycles. The molecule has 4 nitrogen and oxygen atoms in total. The Kier molecular flexibility index (Phi) is 6.75. The Hall–Kier alpha value is -0.160. The second-order valence-electron chi connectivity index (χ2n) is 6.91. The van der Waals surface area contributed by atoms with Crippen LogP contribution < -0.4 is 0 Å². The van der Waals surface area contributed by atoms with E-state index in [1.54, 1.807) is 0 Å². The minimum Gasteiger partial charge on any atom is -0.392 e. The average molecular weight is 283 g/mol. The summed E-state index contributed by atoms with van der Waals surface area (Å²) in [6.45, 7) is 7.77. The molecule has 20 heavy (non-hydrogen) atoms. The van der Waals surface area contributed by atoms with Gasteiger partial charge in [0.1, 0.15) is 0 Å². The largest absolute Gasteiger partial charge is 0.392 e. The molecule has 0 bridgehead atoms. The van der Waals surface area contributed by atoms with Gasteiger partial charge in [-0.1, -0.05) is 19.3 Å². The highest BCUT2D eigenvalue weighted by Gasteiger charge is 2.25. The van der Waals surface area contributed by atoms with Gasteiger partial charge < -0.3 is 10.0 Å². The third-order valence-corrected chi connectivity index (χ3v) is 4.97. The standard InChI is InChI=1S/C16H33N3O/c1-17(2)8-9-18-10-12-19(13-11-18)14-16(20)15-6-4-3-5-7-15/h15-16,20H,3-14H2,1-2H3.